The van der Waals surface area contributed by atoms with Gasteiger partial charge in [-0.05, 0) is 24.6 Å². The van der Waals surface area contributed by atoms with Crippen molar-refractivity contribution in [2.45, 2.75) is 24.0 Å². The Bertz CT molecular complexity index is 693. The van der Waals surface area contributed by atoms with Gasteiger partial charge in [-0.25, -0.2) is 8.42 Å². The highest BCUT2D eigenvalue weighted by molar-refractivity contribution is 7.94. The maximum atomic E-state index is 12.8. The summed E-state index contributed by atoms with van der Waals surface area (Å²) in [6.45, 7) is -0.371. The molecule has 0 bridgehead atoms. The molecule has 0 radical (unpaired) electrons. The maximum absolute atomic E-state index is 12.8. The van der Waals surface area contributed by atoms with E-state index in [2.05, 4.69) is 0 Å². The van der Waals surface area contributed by atoms with Crippen LogP contribution in [0.15, 0.2) is 18.2 Å². The second-order valence-corrected chi connectivity index (χ2v) is 6.92. The SMILES string of the molecule is O=CC1CCN(c2cc(C(F)(F)F)cc(C(F)(F)F)c2)S1(=O)=O. The zero-order chi connectivity index (χ0) is 17.6. The van der Waals surface area contributed by atoms with E-state index in [-0.39, 0.29) is 25.3 Å². The van der Waals surface area contributed by atoms with Crippen molar-refractivity contribution in [3.63, 3.8) is 0 Å². The van der Waals surface area contributed by atoms with Crippen LogP contribution < -0.4 is 4.31 Å². The van der Waals surface area contributed by atoms with Gasteiger partial charge in [-0.2, -0.15) is 26.3 Å². The number of alkyl halides is 6. The fourth-order valence-corrected chi connectivity index (χ4v) is 3.81. The molecule has 1 aliphatic rings. The molecule has 23 heavy (non-hydrogen) atoms. The van der Waals surface area contributed by atoms with E-state index in [0.29, 0.717) is 16.4 Å². The third-order valence-electron chi connectivity index (χ3n) is 3.32. The van der Waals surface area contributed by atoms with Gasteiger partial charge in [0.2, 0.25) is 10.0 Å². The second-order valence-electron chi connectivity index (χ2n) is 4.84. The van der Waals surface area contributed by atoms with Gasteiger partial charge in [0, 0.05) is 6.54 Å². The molecule has 1 saturated heterocycles. The summed E-state index contributed by atoms with van der Waals surface area (Å²) in [7, 11) is -4.32. The predicted molar refractivity (Wildman–Crippen MR) is 67.2 cm³/mol. The fourth-order valence-electron chi connectivity index (χ4n) is 2.18. The maximum Gasteiger partial charge on any atom is 0.416 e. The van der Waals surface area contributed by atoms with E-state index < -0.39 is 44.4 Å². The molecule has 0 N–H and O–H groups in total. The van der Waals surface area contributed by atoms with Crippen molar-refractivity contribution in [2.75, 3.05) is 10.8 Å². The first kappa shape index (κ1) is 17.6. The summed E-state index contributed by atoms with van der Waals surface area (Å²) in [6.07, 6.45) is -10.3. The topological polar surface area (TPSA) is 54.5 Å². The number of nitrogens with zero attached hydrogens (tertiary/aromatic N) is 1. The van der Waals surface area contributed by atoms with E-state index in [1.54, 1.807) is 0 Å². The molecule has 1 aromatic carbocycles. The van der Waals surface area contributed by atoms with Gasteiger partial charge in [0.25, 0.3) is 0 Å². The minimum absolute atomic E-state index is 0.0939. The quantitative estimate of drug-likeness (QED) is 0.601. The molecule has 0 aliphatic carbocycles. The Balaban J connectivity index is 2.62. The molecule has 1 heterocycles. The van der Waals surface area contributed by atoms with Gasteiger partial charge in [-0.15, -0.1) is 0 Å². The Hall–Kier alpha value is -1.78. The highest BCUT2D eigenvalue weighted by Crippen LogP contribution is 2.40. The third kappa shape index (κ3) is 3.28. The first-order valence-corrected chi connectivity index (χ1v) is 7.64. The number of benzene rings is 1. The first-order valence-electron chi connectivity index (χ1n) is 6.13. The molecule has 0 saturated carbocycles. The van der Waals surface area contributed by atoms with E-state index >= 15 is 0 Å². The van der Waals surface area contributed by atoms with E-state index in [9.17, 15) is 39.6 Å². The summed E-state index contributed by atoms with van der Waals surface area (Å²) >= 11 is 0. The van der Waals surface area contributed by atoms with Gasteiger partial charge in [-0.3, -0.25) is 4.31 Å². The van der Waals surface area contributed by atoms with E-state index in [4.69, 9.17) is 0 Å². The molecule has 128 valence electrons. The smallest absolute Gasteiger partial charge is 0.302 e. The van der Waals surface area contributed by atoms with Crippen molar-refractivity contribution in [2.24, 2.45) is 0 Å². The van der Waals surface area contributed by atoms with E-state index in [0.717, 1.165) is 0 Å². The summed E-state index contributed by atoms with van der Waals surface area (Å²) in [6, 6.07) is 0.545. The summed E-state index contributed by atoms with van der Waals surface area (Å²) in [5, 5.41) is -1.48. The van der Waals surface area contributed by atoms with E-state index in [1.807, 2.05) is 0 Å². The van der Waals surface area contributed by atoms with Gasteiger partial charge >= 0.3 is 12.4 Å². The van der Waals surface area contributed by atoms with Crippen LogP contribution in [0.5, 0.6) is 0 Å². The van der Waals surface area contributed by atoms with Crippen molar-refractivity contribution < 1.29 is 39.6 Å². The minimum Gasteiger partial charge on any atom is -0.302 e. The number of sulfonamides is 1. The Morgan fingerprint density at radius 2 is 1.48 bits per heavy atom. The average Bonchev–Trinajstić information content (AvgIpc) is 2.70. The van der Waals surface area contributed by atoms with Gasteiger partial charge in [0.15, 0.2) is 0 Å². The van der Waals surface area contributed by atoms with Crippen LogP contribution in [0, 0.1) is 0 Å². The molecule has 0 aromatic heterocycles. The Morgan fingerprint density at radius 1 is 1.00 bits per heavy atom. The summed E-state index contributed by atoms with van der Waals surface area (Å²) in [5.41, 5.74) is -4.00. The number of carbonyl (C=O) groups is 1. The number of hydrogen-bond donors (Lipinski definition) is 0. The zero-order valence-electron chi connectivity index (χ0n) is 11.1. The fraction of sp³-hybridized carbons (Fsp3) is 0.417. The lowest BCUT2D eigenvalue weighted by Crippen LogP contribution is -2.30. The van der Waals surface area contributed by atoms with Gasteiger partial charge < -0.3 is 4.79 Å². The normalized spacial score (nSPS) is 21.5. The highest BCUT2D eigenvalue weighted by Gasteiger charge is 2.42. The van der Waals surface area contributed by atoms with Crippen molar-refractivity contribution in [3.05, 3.63) is 29.3 Å². The van der Waals surface area contributed by atoms with Crippen LogP contribution >= 0.6 is 0 Å². The largest absolute Gasteiger partial charge is 0.416 e. The lowest BCUT2D eigenvalue weighted by molar-refractivity contribution is -0.143. The van der Waals surface area contributed by atoms with Crippen LogP contribution in [-0.2, 0) is 27.2 Å². The van der Waals surface area contributed by atoms with Crippen molar-refractivity contribution in [1.82, 2.24) is 0 Å². The second kappa shape index (κ2) is 5.39. The third-order valence-corrected chi connectivity index (χ3v) is 5.44. The number of carbonyl (C=O) groups excluding carboxylic acids is 1. The number of aldehydes is 1. The molecule has 4 nitrogen and oxygen atoms in total. The average molecular weight is 361 g/mol. The zero-order valence-corrected chi connectivity index (χ0v) is 12.0. The Kier molecular flexibility index (Phi) is 4.12. The highest BCUT2D eigenvalue weighted by atomic mass is 32.2. The van der Waals surface area contributed by atoms with Gasteiger partial charge in [-0.1, -0.05) is 0 Å². The number of rotatable bonds is 2. The van der Waals surface area contributed by atoms with Gasteiger partial charge in [0.05, 0.1) is 16.8 Å². The molecule has 11 heteroatoms. The van der Waals surface area contributed by atoms with Crippen molar-refractivity contribution in [1.29, 1.82) is 0 Å². The monoisotopic (exact) mass is 361 g/mol. The lowest BCUT2D eigenvalue weighted by atomic mass is 10.1. The number of hydrogen-bond acceptors (Lipinski definition) is 3. The standard InChI is InChI=1S/C12H9F6NO3S/c13-11(14,15)7-3-8(12(16,17)18)5-9(4-7)19-2-1-10(6-20)23(19,21)22/h3-6,10H,1-2H2. The molecule has 1 aromatic rings. The predicted octanol–water partition coefficient (Wildman–Crippen LogP) is 2.83. The Morgan fingerprint density at radius 3 is 1.83 bits per heavy atom. The first-order chi connectivity index (χ1) is 10.4. The van der Waals surface area contributed by atoms with E-state index in [1.165, 1.54) is 0 Å². The molecule has 0 spiro atoms. The lowest BCUT2D eigenvalue weighted by Gasteiger charge is -2.21. The van der Waals surface area contributed by atoms with Crippen molar-refractivity contribution in [3.8, 4) is 0 Å². The number of anilines is 1. The van der Waals surface area contributed by atoms with Crippen LogP contribution in [0.4, 0.5) is 32.0 Å². The Labute approximate surface area is 126 Å². The molecular weight excluding hydrogens is 352 g/mol. The molecule has 2 rings (SSSR count). The van der Waals surface area contributed by atoms with Crippen LogP contribution in [-0.4, -0.2) is 26.5 Å². The van der Waals surface area contributed by atoms with Crippen LogP contribution in [0.25, 0.3) is 0 Å². The summed E-state index contributed by atoms with van der Waals surface area (Å²) < 4.78 is 101. The molecule has 1 unspecified atom stereocenters. The number of halogens is 6. The molecule has 1 aliphatic heterocycles. The van der Waals surface area contributed by atoms with Crippen LogP contribution in [0.3, 0.4) is 0 Å². The van der Waals surface area contributed by atoms with Crippen molar-refractivity contribution >= 4 is 22.0 Å². The minimum atomic E-state index is -5.08. The molecule has 1 atom stereocenters. The molecule has 1 fully saturated rings. The van der Waals surface area contributed by atoms with Crippen LogP contribution in [0.2, 0.25) is 0 Å². The molecular formula is C12H9F6NO3S. The summed E-state index contributed by atoms with van der Waals surface area (Å²) in [4.78, 5) is 10.7. The van der Waals surface area contributed by atoms with Gasteiger partial charge in [0.1, 0.15) is 11.5 Å². The van der Waals surface area contributed by atoms with Crippen LogP contribution in [0.1, 0.15) is 17.5 Å². The summed E-state index contributed by atoms with van der Waals surface area (Å²) in [5.74, 6) is 0. The molecule has 0 amide bonds.